The van der Waals surface area contributed by atoms with Gasteiger partial charge in [0, 0.05) is 0 Å². The lowest BCUT2D eigenvalue weighted by Gasteiger charge is -2.22. The molecule has 1 atom stereocenters. The van der Waals surface area contributed by atoms with Gasteiger partial charge in [0.05, 0.1) is 12.5 Å². The molecule has 0 fully saturated rings. The van der Waals surface area contributed by atoms with Gasteiger partial charge in [0.25, 0.3) is 0 Å². The number of amides is 1. The summed E-state index contributed by atoms with van der Waals surface area (Å²) in [6, 6.07) is 8.24. The minimum atomic E-state index is -0.759. The first-order chi connectivity index (χ1) is 8.90. The number of carbonyl (C=O) groups excluding carboxylic acids is 1. The van der Waals surface area contributed by atoms with Gasteiger partial charge in [-0.2, -0.15) is 5.26 Å². The van der Waals surface area contributed by atoms with E-state index in [1.54, 1.807) is 6.92 Å². The predicted molar refractivity (Wildman–Crippen MR) is 76.7 cm³/mol. The molecule has 1 N–H and O–H groups in total. The summed E-state index contributed by atoms with van der Waals surface area (Å²) in [5.41, 5.74) is 2.56. The van der Waals surface area contributed by atoms with Gasteiger partial charge < -0.3 is 5.32 Å². The number of nitriles is 1. The monoisotopic (exact) mass is 258 g/mol. The highest BCUT2D eigenvalue weighted by Crippen LogP contribution is 2.14. The van der Waals surface area contributed by atoms with E-state index in [1.165, 1.54) is 5.56 Å². The molecule has 0 aliphatic carbocycles. The third-order valence-corrected chi connectivity index (χ3v) is 3.26. The zero-order chi connectivity index (χ0) is 14.5. The zero-order valence-electron chi connectivity index (χ0n) is 12.2. The molecular weight excluding hydrogens is 236 g/mol. The summed E-state index contributed by atoms with van der Waals surface area (Å²) in [4.78, 5) is 12.0. The van der Waals surface area contributed by atoms with Crippen LogP contribution in [0.5, 0.6) is 0 Å². The summed E-state index contributed by atoms with van der Waals surface area (Å²) in [7, 11) is 0. The van der Waals surface area contributed by atoms with E-state index >= 15 is 0 Å². The van der Waals surface area contributed by atoms with Crippen LogP contribution in [0.2, 0.25) is 0 Å². The van der Waals surface area contributed by atoms with Crippen molar-refractivity contribution < 1.29 is 4.79 Å². The van der Waals surface area contributed by atoms with Gasteiger partial charge in [0.2, 0.25) is 5.91 Å². The smallest absolute Gasteiger partial charge is 0.225 e. The Hall–Kier alpha value is -1.82. The van der Waals surface area contributed by atoms with Crippen molar-refractivity contribution in [3.05, 3.63) is 34.9 Å². The average molecular weight is 258 g/mol. The summed E-state index contributed by atoms with van der Waals surface area (Å²) >= 11 is 0. The molecule has 0 saturated carbocycles. The Bertz CT molecular complexity index is 502. The average Bonchev–Trinajstić information content (AvgIpc) is 2.33. The quantitative estimate of drug-likeness (QED) is 0.882. The second-order valence-corrected chi connectivity index (χ2v) is 5.35. The second kappa shape index (κ2) is 6.38. The molecular formula is C16H22N2O. The number of aryl methyl sites for hydroxylation is 2. The molecule has 0 radical (unpaired) electrons. The maximum absolute atomic E-state index is 12.0. The largest absolute Gasteiger partial charge is 0.338 e. The number of benzene rings is 1. The van der Waals surface area contributed by atoms with E-state index in [4.69, 9.17) is 5.26 Å². The molecule has 1 aromatic carbocycles. The molecule has 0 spiro atoms. The Labute approximate surface area is 115 Å². The lowest BCUT2D eigenvalue weighted by atomic mass is 9.97. The molecule has 0 aliphatic heterocycles. The first-order valence-corrected chi connectivity index (χ1v) is 6.68. The summed E-state index contributed by atoms with van der Waals surface area (Å²) in [5, 5.41) is 12.0. The molecule has 102 valence electrons. The normalized spacial score (nSPS) is 13.4. The van der Waals surface area contributed by atoms with Gasteiger partial charge in [-0.25, -0.2) is 0 Å². The van der Waals surface area contributed by atoms with Crippen LogP contribution in [0.3, 0.4) is 0 Å². The molecule has 0 aliphatic rings. The SMILES string of the molecule is CCCC(C)(C#N)NC(=O)Cc1ccc(C)cc1C. The highest BCUT2D eigenvalue weighted by molar-refractivity contribution is 5.80. The zero-order valence-corrected chi connectivity index (χ0v) is 12.2. The lowest BCUT2D eigenvalue weighted by Crippen LogP contribution is -2.45. The van der Waals surface area contributed by atoms with Gasteiger partial charge in [-0.3, -0.25) is 4.79 Å². The molecule has 3 nitrogen and oxygen atoms in total. The van der Waals surface area contributed by atoms with Crippen molar-refractivity contribution in [3.8, 4) is 6.07 Å². The summed E-state index contributed by atoms with van der Waals surface area (Å²) < 4.78 is 0. The third-order valence-electron chi connectivity index (χ3n) is 3.26. The molecule has 1 unspecified atom stereocenters. The van der Waals surface area contributed by atoms with Crippen molar-refractivity contribution in [2.24, 2.45) is 0 Å². The van der Waals surface area contributed by atoms with E-state index in [-0.39, 0.29) is 5.91 Å². The van der Waals surface area contributed by atoms with Crippen molar-refractivity contribution >= 4 is 5.91 Å². The molecule has 19 heavy (non-hydrogen) atoms. The van der Waals surface area contributed by atoms with Crippen molar-refractivity contribution in [3.63, 3.8) is 0 Å². The van der Waals surface area contributed by atoms with Crippen LogP contribution >= 0.6 is 0 Å². The Morgan fingerprint density at radius 2 is 2.11 bits per heavy atom. The minimum Gasteiger partial charge on any atom is -0.338 e. The van der Waals surface area contributed by atoms with E-state index in [0.717, 1.165) is 17.5 Å². The van der Waals surface area contributed by atoms with Gasteiger partial charge >= 0.3 is 0 Å². The van der Waals surface area contributed by atoms with Crippen LogP contribution in [0.1, 0.15) is 43.4 Å². The number of rotatable bonds is 5. The highest BCUT2D eigenvalue weighted by atomic mass is 16.1. The van der Waals surface area contributed by atoms with E-state index < -0.39 is 5.54 Å². The van der Waals surface area contributed by atoms with Gasteiger partial charge in [-0.15, -0.1) is 0 Å². The molecule has 1 rings (SSSR count). The fourth-order valence-corrected chi connectivity index (χ4v) is 2.22. The van der Waals surface area contributed by atoms with Gasteiger partial charge in [-0.1, -0.05) is 37.1 Å². The Balaban J connectivity index is 2.73. The summed E-state index contributed by atoms with van der Waals surface area (Å²) in [6.45, 7) is 7.82. The van der Waals surface area contributed by atoms with Crippen molar-refractivity contribution in [1.82, 2.24) is 5.32 Å². The summed E-state index contributed by atoms with van der Waals surface area (Å²) in [5.74, 6) is -0.0931. The standard InChI is InChI=1S/C16H22N2O/c1-5-8-16(4,11-17)18-15(19)10-14-7-6-12(2)9-13(14)3/h6-7,9H,5,8,10H2,1-4H3,(H,18,19). The van der Waals surface area contributed by atoms with Gasteiger partial charge in [0.15, 0.2) is 0 Å². The number of carbonyl (C=O) groups is 1. The highest BCUT2D eigenvalue weighted by Gasteiger charge is 2.24. The number of nitrogens with one attached hydrogen (secondary N) is 1. The third kappa shape index (κ3) is 4.40. The fraction of sp³-hybridized carbons (Fsp3) is 0.500. The van der Waals surface area contributed by atoms with Crippen LogP contribution in [0.15, 0.2) is 18.2 Å². The molecule has 1 aromatic rings. The molecule has 3 heteroatoms. The van der Waals surface area contributed by atoms with E-state index in [0.29, 0.717) is 12.8 Å². The van der Waals surface area contributed by atoms with Crippen LogP contribution in [-0.4, -0.2) is 11.4 Å². The van der Waals surface area contributed by atoms with E-state index in [9.17, 15) is 4.79 Å². The van der Waals surface area contributed by atoms with Crippen molar-refractivity contribution in [1.29, 1.82) is 5.26 Å². The van der Waals surface area contributed by atoms with Crippen molar-refractivity contribution in [2.75, 3.05) is 0 Å². The van der Waals surface area contributed by atoms with Crippen LogP contribution in [-0.2, 0) is 11.2 Å². The van der Waals surface area contributed by atoms with Crippen LogP contribution in [0, 0.1) is 25.2 Å². The molecule has 0 saturated heterocycles. The van der Waals surface area contributed by atoms with Crippen LogP contribution in [0.4, 0.5) is 0 Å². The molecule has 0 heterocycles. The topological polar surface area (TPSA) is 52.9 Å². The fourth-order valence-electron chi connectivity index (χ4n) is 2.22. The first-order valence-electron chi connectivity index (χ1n) is 6.68. The maximum atomic E-state index is 12.0. The van der Waals surface area contributed by atoms with Crippen molar-refractivity contribution in [2.45, 2.75) is 52.5 Å². The number of nitrogens with zero attached hydrogens (tertiary/aromatic N) is 1. The Morgan fingerprint density at radius 3 is 2.63 bits per heavy atom. The van der Waals surface area contributed by atoms with Crippen LogP contribution in [0.25, 0.3) is 0 Å². The molecule has 0 aromatic heterocycles. The predicted octanol–water partition coefficient (Wildman–Crippen LogP) is 3.04. The van der Waals surface area contributed by atoms with E-state index in [2.05, 4.69) is 17.5 Å². The second-order valence-electron chi connectivity index (χ2n) is 5.35. The number of hydrogen-bond acceptors (Lipinski definition) is 2. The van der Waals surface area contributed by atoms with Gasteiger partial charge in [-0.05, 0) is 38.3 Å². The molecule has 0 bridgehead atoms. The Morgan fingerprint density at radius 1 is 1.42 bits per heavy atom. The van der Waals surface area contributed by atoms with Gasteiger partial charge in [0.1, 0.15) is 5.54 Å². The van der Waals surface area contributed by atoms with Crippen LogP contribution < -0.4 is 5.32 Å². The van der Waals surface area contributed by atoms with E-state index in [1.807, 2.05) is 32.9 Å². The lowest BCUT2D eigenvalue weighted by molar-refractivity contribution is -0.121. The maximum Gasteiger partial charge on any atom is 0.225 e. The molecule has 1 amide bonds. The summed E-state index contributed by atoms with van der Waals surface area (Å²) in [6.07, 6.45) is 1.86. The number of hydrogen-bond donors (Lipinski definition) is 1. The minimum absolute atomic E-state index is 0.0931. The first kappa shape index (κ1) is 15.2. The Kier molecular flexibility index (Phi) is 5.11.